The van der Waals surface area contributed by atoms with Gasteiger partial charge in [-0.25, -0.2) is 4.39 Å². The number of carbonyl (C=O) groups excluding carboxylic acids is 2. The Labute approximate surface area is 146 Å². The molecule has 5 heteroatoms. The topological polar surface area (TPSA) is 49.4 Å². The average Bonchev–Trinajstić information content (AvgIpc) is 3.05. The zero-order chi connectivity index (χ0) is 17.6. The Morgan fingerprint density at radius 3 is 2.64 bits per heavy atom. The normalized spacial score (nSPS) is 15.2. The Bertz CT molecular complexity index is 748. The van der Waals surface area contributed by atoms with Gasteiger partial charge in [0.15, 0.2) is 0 Å². The second-order valence-electron chi connectivity index (χ2n) is 6.25. The minimum Gasteiger partial charge on any atom is -0.350 e. The van der Waals surface area contributed by atoms with E-state index in [1.54, 1.807) is 23.1 Å². The minimum atomic E-state index is -0.294. The summed E-state index contributed by atoms with van der Waals surface area (Å²) in [5.41, 5.74) is 1.40. The van der Waals surface area contributed by atoms with Gasteiger partial charge in [-0.1, -0.05) is 30.3 Å². The molecule has 0 radical (unpaired) electrons. The number of nitrogens with zero attached hydrogens (tertiary/aromatic N) is 1. The van der Waals surface area contributed by atoms with Crippen LogP contribution in [0.5, 0.6) is 0 Å². The molecule has 0 unspecified atom stereocenters. The van der Waals surface area contributed by atoms with Crippen LogP contribution in [0.15, 0.2) is 54.6 Å². The fourth-order valence-electron chi connectivity index (χ4n) is 3.19. The monoisotopic (exact) mass is 340 g/mol. The molecule has 1 saturated heterocycles. The molecule has 0 bridgehead atoms. The quantitative estimate of drug-likeness (QED) is 0.879. The summed E-state index contributed by atoms with van der Waals surface area (Å²) in [7, 11) is 0. The van der Waals surface area contributed by atoms with E-state index in [1.807, 2.05) is 24.3 Å². The van der Waals surface area contributed by atoms with E-state index in [1.165, 1.54) is 12.1 Å². The summed E-state index contributed by atoms with van der Waals surface area (Å²) >= 11 is 0. The Morgan fingerprint density at radius 1 is 1.16 bits per heavy atom. The first-order valence-corrected chi connectivity index (χ1v) is 8.50. The number of carbonyl (C=O) groups is 2. The zero-order valence-electron chi connectivity index (χ0n) is 14.0. The number of benzene rings is 2. The summed E-state index contributed by atoms with van der Waals surface area (Å²) in [5, 5.41) is 2.90. The Hall–Kier alpha value is -2.69. The van der Waals surface area contributed by atoms with Gasteiger partial charge in [0.2, 0.25) is 5.91 Å². The maximum atomic E-state index is 13.5. The molecule has 1 heterocycles. The molecule has 25 heavy (non-hydrogen) atoms. The third-order valence-corrected chi connectivity index (χ3v) is 4.45. The van der Waals surface area contributed by atoms with Crippen LogP contribution < -0.4 is 5.32 Å². The van der Waals surface area contributed by atoms with E-state index in [0.717, 1.165) is 12.0 Å². The van der Waals surface area contributed by atoms with E-state index in [4.69, 9.17) is 0 Å². The molecule has 2 aromatic carbocycles. The standard InChI is InChI=1S/C20H21FN2O2/c21-17-9-4-6-15(12-17)13-18(23-11-5-10-19(23)24)14-22-20(25)16-7-2-1-3-8-16/h1-4,6-9,12,18H,5,10-11,13-14H2,(H,22,25)/t18-/m0/s1. The van der Waals surface area contributed by atoms with Crippen molar-refractivity contribution in [2.45, 2.75) is 25.3 Å². The smallest absolute Gasteiger partial charge is 0.251 e. The maximum absolute atomic E-state index is 13.5. The molecular formula is C20H21FN2O2. The minimum absolute atomic E-state index is 0.0929. The van der Waals surface area contributed by atoms with Crippen LogP contribution in [0, 0.1) is 5.82 Å². The number of rotatable bonds is 6. The summed E-state index contributed by atoms with van der Waals surface area (Å²) in [6.07, 6.45) is 1.87. The molecule has 0 spiro atoms. The molecule has 2 aromatic rings. The number of likely N-dealkylation sites (tertiary alicyclic amines) is 1. The third kappa shape index (κ3) is 4.44. The summed E-state index contributed by atoms with van der Waals surface area (Å²) < 4.78 is 13.5. The molecule has 0 aliphatic carbocycles. The van der Waals surface area contributed by atoms with Crippen molar-refractivity contribution in [2.75, 3.05) is 13.1 Å². The van der Waals surface area contributed by atoms with Crippen LogP contribution in [0.1, 0.15) is 28.8 Å². The summed E-state index contributed by atoms with van der Waals surface area (Å²) in [4.78, 5) is 26.2. The van der Waals surface area contributed by atoms with E-state index >= 15 is 0 Å². The summed E-state index contributed by atoms with van der Waals surface area (Å²) in [6.45, 7) is 1.02. The predicted octanol–water partition coefficient (Wildman–Crippen LogP) is 2.79. The Morgan fingerprint density at radius 2 is 1.96 bits per heavy atom. The van der Waals surface area contributed by atoms with Crippen LogP contribution in [-0.2, 0) is 11.2 Å². The van der Waals surface area contributed by atoms with E-state index in [-0.39, 0.29) is 23.7 Å². The van der Waals surface area contributed by atoms with Gasteiger partial charge in [0.1, 0.15) is 5.82 Å². The second-order valence-corrected chi connectivity index (χ2v) is 6.25. The van der Waals surface area contributed by atoms with Crippen molar-refractivity contribution in [3.8, 4) is 0 Å². The molecule has 0 aromatic heterocycles. The number of amides is 2. The van der Waals surface area contributed by atoms with E-state index < -0.39 is 0 Å². The SMILES string of the molecule is O=C(NC[C@H](Cc1cccc(F)c1)N1CCCC1=O)c1ccccc1. The van der Waals surface area contributed by atoms with Crippen LogP contribution in [0.4, 0.5) is 4.39 Å². The van der Waals surface area contributed by atoms with Gasteiger partial charge in [0.05, 0.1) is 6.04 Å². The van der Waals surface area contributed by atoms with Gasteiger partial charge in [0.25, 0.3) is 5.91 Å². The van der Waals surface area contributed by atoms with E-state index in [9.17, 15) is 14.0 Å². The fourth-order valence-corrected chi connectivity index (χ4v) is 3.19. The molecule has 130 valence electrons. The lowest BCUT2D eigenvalue weighted by Gasteiger charge is -2.28. The molecule has 1 aliphatic heterocycles. The fraction of sp³-hybridized carbons (Fsp3) is 0.300. The first-order valence-electron chi connectivity index (χ1n) is 8.50. The number of halogens is 1. The van der Waals surface area contributed by atoms with Crippen LogP contribution in [0.3, 0.4) is 0 Å². The highest BCUT2D eigenvalue weighted by molar-refractivity contribution is 5.94. The van der Waals surface area contributed by atoms with Gasteiger partial charge in [-0.3, -0.25) is 9.59 Å². The Balaban J connectivity index is 1.70. The van der Waals surface area contributed by atoms with Gasteiger partial charge < -0.3 is 10.2 Å². The lowest BCUT2D eigenvalue weighted by Crippen LogP contribution is -2.45. The van der Waals surface area contributed by atoms with Crippen molar-refractivity contribution >= 4 is 11.8 Å². The predicted molar refractivity (Wildman–Crippen MR) is 93.6 cm³/mol. The van der Waals surface area contributed by atoms with E-state index in [2.05, 4.69) is 5.32 Å². The van der Waals surface area contributed by atoms with Gasteiger partial charge in [-0.05, 0) is 42.7 Å². The van der Waals surface area contributed by atoms with Crippen molar-refractivity contribution < 1.29 is 14.0 Å². The van der Waals surface area contributed by atoms with Crippen molar-refractivity contribution in [2.24, 2.45) is 0 Å². The van der Waals surface area contributed by atoms with Gasteiger partial charge >= 0.3 is 0 Å². The molecule has 1 N–H and O–H groups in total. The van der Waals surface area contributed by atoms with Crippen LogP contribution >= 0.6 is 0 Å². The average molecular weight is 340 g/mol. The molecule has 0 saturated carbocycles. The molecule has 1 fully saturated rings. The lowest BCUT2D eigenvalue weighted by molar-refractivity contribution is -0.129. The van der Waals surface area contributed by atoms with E-state index in [0.29, 0.717) is 31.5 Å². The van der Waals surface area contributed by atoms with Crippen LogP contribution in [0.2, 0.25) is 0 Å². The number of hydrogen-bond donors (Lipinski definition) is 1. The van der Waals surface area contributed by atoms with Crippen LogP contribution in [0.25, 0.3) is 0 Å². The Kier molecular flexibility index (Phi) is 5.43. The zero-order valence-corrected chi connectivity index (χ0v) is 14.0. The number of hydrogen-bond acceptors (Lipinski definition) is 2. The highest BCUT2D eigenvalue weighted by atomic mass is 19.1. The van der Waals surface area contributed by atoms with Gasteiger partial charge in [-0.2, -0.15) is 0 Å². The second kappa shape index (κ2) is 7.92. The molecule has 1 atom stereocenters. The lowest BCUT2D eigenvalue weighted by atomic mass is 10.0. The first kappa shape index (κ1) is 17.1. The maximum Gasteiger partial charge on any atom is 0.251 e. The van der Waals surface area contributed by atoms with Gasteiger partial charge in [-0.15, -0.1) is 0 Å². The van der Waals surface area contributed by atoms with Crippen molar-refractivity contribution in [3.63, 3.8) is 0 Å². The largest absolute Gasteiger partial charge is 0.350 e. The van der Waals surface area contributed by atoms with Gasteiger partial charge in [0, 0.05) is 25.1 Å². The van der Waals surface area contributed by atoms with Crippen molar-refractivity contribution in [3.05, 3.63) is 71.5 Å². The van der Waals surface area contributed by atoms with Crippen molar-refractivity contribution in [1.29, 1.82) is 0 Å². The first-order chi connectivity index (χ1) is 12.1. The highest BCUT2D eigenvalue weighted by Crippen LogP contribution is 2.17. The molecule has 2 amide bonds. The molecular weight excluding hydrogens is 319 g/mol. The molecule has 1 aliphatic rings. The highest BCUT2D eigenvalue weighted by Gasteiger charge is 2.28. The number of nitrogens with one attached hydrogen (secondary N) is 1. The molecule has 4 nitrogen and oxygen atoms in total. The molecule has 3 rings (SSSR count). The van der Waals surface area contributed by atoms with Crippen LogP contribution in [-0.4, -0.2) is 35.8 Å². The van der Waals surface area contributed by atoms with Crippen molar-refractivity contribution in [1.82, 2.24) is 10.2 Å². The summed E-state index contributed by atoms with van der Waals surface area (Å²) in [6, 6.07) is 15.2. The third-order valence-electron chi connectivity index (χ3n) is 4.45. The summed E-state index contributed by atoms with van der Waals surface area (Å²) in [5.74, 6) is -0.371.